The van der Waals surface area contributed by atoms with Crippen molar-refractivity contribution in [3.63, 3.8) is 0 Å². The van der Waals surface area contributed by atoms with E-state index in [1.54, 1.807) is 41.6 Å². The first-order chi connectivity index (χ1) is 22.1. The Morgan fingerprint density at radius 1 is 0.978 bits per heavy atom. The normalized spacial score (nSPS) is 14.9. The van der Waals surface area contributed by atoms with Gasteiger partial charge in [-0.25, -0.2) is 14.3 Å². The number of fused-ring (bicyclic) bond motifs is 3. The Morgan fingerprint density at radius 2 is 1.74 bits per heavy atom. The maximum atomic E-state index is 13.2. The minimum Gasteiger partial charge on any atom is -0.497 e. The summed E-state index contributed by atoms with van der Waals surface area (Å²) in [6.07, 6.45) is 3.21. The van der Waals surface area contributed by atoms with Gasteiger partial charge in [0.2, 0.25) is 0 Å². The number of hydrogen-bond donors (Lipinski definition) is 2. The third kappa shape index (κ3) is 6.34. The summed E-state index contributed by atoms with van der Waals surface area (Å²) < 4.78 is 18.5. The maximum absolute atomic E-state index is 13.2. The number of ether oxygens (including phenoxy) is 3. The van der Waals surface area contributed by atoms with Gasteiger partial charge in [-0.05, 0) is 49.4 Å². The molecule has 2 N–H and O–H groups in total. The van der Waals surface area contributed by atoms with Crippen molar-refractivity contribution in [1.29, 1.82) is 0 Å². The highest BCUT2D eigenvalue weighted by atomic mass is 32.2. The fourth-order valence-corrected chi connectivity index (χ4v) is 6.26. The van der Waals surface area contributed by atoms with E-state index in [-0.39, 0.29) is 29.6 Å². The number of aromatic nitrogens is 2. The highest BCUT2D eigenvalue weighted by Crippen LogP contribution is 2.49. The van der Waals surface area contributed by atoms with Crippen LogP contribution in [0.3, 0.4) is 0 Å². The quantitative estimate of drug-likeness (QED) is 0.205. The number of urea groups is 1. The third-order valence-electron chi connectivity index (χ3n) is 7.46. The average Bonchev–Trinajstić information content (AvgIpc) is 3.75. The molecule has 1 aromatic heterocycles. The van der Waals surface area contributed by atoms with Gasteiger partial charge < -0.3 is 24.4 Å². The van der Waals surface area contributed by atoms with Gasteiger partial charge in [-0.2, -0.15) is 5.10 Å². The Hall–Kier alpha value is -5.10. The molecule has 0 aliphatic carbocycles. The lowest BCUT2D eigenvalue weighted by Crippen LogP contribution is -2.37. The predicted molar refractivity (Wildman–Crippen MR) is 178 cm³/mol. The molecule has 3 aromatic carbocycles. The highest BCUT2D eigenvalue weighted by Gasteiger charge is 2.39. The molecule has 1 unspecified atom stereocenters. The maximum Gasteiger partial charge on any atom is 0.416 e. The molecule has 4 aromatic rings. The first kappa shape index (κ1) is 30.9. The zero-order valence-corrected chi connectivity index (χ0v) is 27.1. The molecule has 6 rings (SSSR count). The topological polar surface area (TPSA) is 110 Å². The van der Waals surface area contributed by atoms with E-state index >= 15 is 0 Å². The summed E-state index contributed by atoms with van der Waals surface area (Å²) in [6, 6.07) is 22.4. The molecule has 3 amide bonds. The molecule has 0 radical (unpaired) electrons. The molecular weight excluding hydrogens is 604 g/mol. The molecule has 1 atom stereocenters. The molecule has 11 nitrogen and oxygen atoms in total. The van der Waals surface area contributed by atoms with Crippen LogP contribution >= 0.6 is 11.8 Å². The Bertz CT molecular complexity index is 1780. The van der Waals surface area contributed by atoms with Gasteiger partial charge in [0.15, 0.2) is 5.50 Å². The molecular formula is C34H36N6O5S. The molecule has 46 heavy (non-hydrogen) atoms. The lowest BCUT2D eigenvalue weighted by atomic mass is 9.92. The SMILES string of the molecule is CCOC(=O)N1C=CN2c3cc(Oc4ccccc4CNC(=O)Nc4cc(C(C)(C)C)nn4-c4ccc(OC)cc4)ccc3SC12. The van der Waals surface area contributed by atoms with Gasteiger partial charge in [0.1, 0.15) is 23.1 Å². The molecule has 0 bridgehead atoms. The third-order valence-corrected chi connectivity index (χ3v) is 8.72. The zero-order chi connectivity index (χ0) is 32.4. The number of carbonyl (C=O) groups excluding carboxylic acids is 2. The molecule has 0 spiro atoms. The summed E-state index contributed by atoms with van der Waals surface area (Å²) in [4.78, 5) is 30.2. The van der Waals surface area contributed by atoms with E-state index in [1.807, 2.05) is 83.9 Å². The van der Waals surface area contributed by atoms with E-state index in [2.05, 4.69) is 31.4 Å². The highest BCUT2D eigenvalue weighted by molar-refractivity contribution is 8.00. The molecule has 0 saturated heterocycles. The van der Waals surface area contributed by atoms with E-state index in [9.17, 15) is 9.59 Å². The second kappa shape index (κ2) is 12.7. The minimum absolute atomic E-state index is 0.219. The average molecular weight is 641 g/mol. The number of methoxy groups -OCH3 is 1. The Balaban J connectivity index is 1.14. The minimum atomic E-state index is -0.381. The van der Waals surface area contributed by atoms with Crippen molar-refractivity contribution in [3.05, 3.63) is 96.5 Å². The van der Waals surface area contributed by atoms with Crippen LogP contribution in [0.15, 0.2) is 90.1 Å². The van der Waals surface area contributed by atoms with Crippen molar-refractivity contribution in [2.24, 2.45) is 0 Å². The Morgan fingerprint density at radius 3 is 2.48 bits per heavy atom. The number of benzene rings is 3. The second-order valence-corrected chi connectivity index (χ2v) is 12.8. The van der Waals surface area contributed by atoms with Crippen molar-refractivity contribution in [3.8, 4) is 22.9 Å². The summed E-state index contributed by atoms with van der Waals surface area (Å²) in [5.74, 6) is 2.53. The van der Waals surface area contributed by atoms with Crippen molar-refractivity contribution < 1.29 is 23.8 Å². The van der Waals surface area contributed by atoms with E-state index in [1.165, 1.54) is 0 Å². The van der Waals surface area contributed by atoms with Crippen LogP contribution in [0.25, 0.3) is 5.69 Å². The van der Waals surface area contributed by atoms with Crippen molar-refractivity contribution in [1.82, 2.24) is 20.0 Å². The number of amides is 3. The van der Waals surface area contributed by atoms with Gasteiger partial charge in [0, 0.05) is 47.0 Å². The standard InChI is InChI=1S/C34H36N6O5S/c1-6-44-33(42)39-18-17-38-26-19-25(15-16-28(26)46-32(38)39)45-27-10-8-7-9-22(27)21-35-31(41)36-30-20-29(34(2,3)4)37-40(30)23-11-13-24(43-5)14-12-23/h7-20,32H,6,21H2,1-5H3,(H2,35,36,41). The fourth-order valence-electron chi connectivity index (χ4n) is 5.03. The first-order valence-corrected chi connectivity index (χ1v) is 15.8. The van der Waals surface area contributed by atoms with Crippen molar-refractivity contribution in [2.75, 3.05) is 23.9 Å². The summed E-state index contributed by atoms with van der Waals surface area (Å²) in [5.41, 5.74) is 2.92. The molecule has 2 aliphatic heterocycles. The Labute approximate surface area is 272 Å². The summed E-state index contributed by atoms with van der Waals surface area (Å²) in [6.45, 7) is 8.56. The van der Waals surface area contributed by atoms with E-state index < -0.39 is 0 Å². The summed E-state index contributed by atoms with van der Waals surface area (Å²) in [7, 11) is 1.62. The van der Waals surface area contributed by atoms with Gasteiger partial charge in [-0.1, -0.05) is 50.7 Å². The molecule has 238 valence electrons. The number of nitrogens with zero attached hydrogens (tertiary/aromatic N) is 4. The molecule has 0 saturated carbocycles. The van der Waals surface area contributed by atoms with Gasteiger partial charge in [-0.3, -0.25) is 10.2 Å². The van der Waals surface area contributed by atoms with Gasteiger partial charge in [0.05, 0.1) is 30.8 Å². The predicted octanol–water partition coefficient (Wildman–Crippen LogP) is 7.43. The van der Waals surface area contributed by atoms with Crippen LogP contribution in [0.2, 0.25) is 0 Å². The van der Waals surface area contributed by atoms with E-state index in [4.69, 9.17) is 19.3 Å². The van der Waals surface area contributed by atoms with Crippen LogP contribution in [0.4, 0.5) is 21.1 Å². The fraction of sp³-hybridized carbons (Fsp3) is 0.265. The summed E-state index contributed by atoms with van der Waals surface area (Å²) in [5, 5.41) is 10.7. The van der Waals surface area contributed by atoms with Crippen LogP contribution < -0.4 is 25.0 Å². The number of para-hydroxylation sites is 1. The number of rotatable bonds is 8. The van der Waals surface area contributed by atoms with Crippen LogP contribution in [-0.2, 0) is 16.7 Å². The second-order valence-electron chi connectivity index (χ2n) is 11.7. The number of anilines is 2. The van der Waals surface area contributed by atoms with Crippen LogP contribution in [0.5, 0.6) is 17.2 Å². The van der Waals surface area contributed by atoms with Gasteiger partial charge >= 0.3 is 12.1 Å². The first-order valence-electron chi connectivity index (χ1n) is 14.9. The number of carbonyl (C=O) groups is 2. The smallest absolute Gasteiger partial charge is 0.416 e. The number of thioether (sulfide) groups is 1. The van der Waals surface area contributed by atoms with Crippen molar-refractivity contribution >= 4 is 35.4 Å². The lowest BCUT2D eigenvalue weighted by molar-refractivity contribution is 0.122. The molecule has 12 heteroatoms. The summed E-state index contributed by atoms with van der Waals surface area (Å²) >= 11 is 1.57. The lowest BCUT2D eigenvalue weighted by Gasteiger charge is -2.23. The van der Waals surface area contributed by atoms with E-state index in [0.29, 0.717) is 23.9 Å². The Kier molecular flexibility index (Phi) is 8.55. The van der Waals surface area contributed by atoms with Crippen LogP contribution in [-0.4, -0.2) is 46.0 Å². The van der Waals surface area contributed by atoms with Crippen LogP contribution in [0.1, 0.15) is 39.0 Å². The van der Waals surface area contributed by atoms with Gasteiger partial charge in [0.25, 0.3) is 0 Å². The number of nitrogens with one attached hydrogen (secondary N) is 2. The molecule has 0 fully saturated rings. The zero-order valence-electron chi connectivity index (χ0n) is 26.3. The van der Waals surface area contributed by atoms with Crippen molar-refractivity contribution in [2.45, 2.75) is 50.0 Å². The number of hydrogen-bond acceptors (Lipinski definition) is 8. The molecule has 2 aliphatic rings. The molecule has 3 heterocycles. The monoisotopic (exact) mass is 640 g/mol. The largest absolute Gasteiger partial charge is 0.497 e. The van der Waals surface area contributed by atoms with Crippen LogP contribution in [0, 0.1) is 0 Å². The van der Waals surface area contributed by atoms with E-state index in [0.717, 1.165) is 33.3 Å². The van der Waals surface area contributed by atoms with Gasteiger partial charge in [-0.15, -0.1) is 0 Å².